The Morgan fingerprint density at radius 3 is 2.74 bits per heavy atom. The SMILES string of the molecule is O[C@H]1CCC[C@@H]1Oc1nc(N2CCNCC2)nc2ccccc12. The number of aliphatic hydroxyl groups is 1. The molecule has 1 aliphatic carbocycles. The van der Waals surface area contributed by atoms with Gasteiger partial charge in [-0.25, -0.2) is 4.98 Å². The number of fused-ring (bicyclic) bond motifs is 1. The third-order valence-electron chi connectivity index (χ3n) is 4.64. The normalized spacial score (nSPS) is 25.0. The van der Waals surface area contributed by atoms with Gasteiger partial charge in [0.05, 0.1) is 17.0 Å². The molecule has 2 heterocycles. The molecule has 2 fully saturated rings. The first kappa shape index (κ1) is 14.7. The highest BCUT2D eigenvalue weighted by Crippen LogP contribution is 2.30. The molecule has 122 valence electrons. The highest BCUT2D eigenvalue weighted by atomic mass is 16.5. The molecule has 1 aromatic carbocycles. The largest absolute Gasteiger partial charge is 0.471 e. The summed E-state index contributed by atoms with van der Waals surface area (Å²) in [5.74, 6) is 1.31. The quantitative estimate of drug-likeness (QED) is 0.891. The number of hydrogen-bond donors (Lipinski definition) is 2. The molecule has 2 aliphatic rings. The zero-order valence-electron chi connectivity index (χ0n) is 13.1. The molecule has 0 radical (unpaired) electrons. The van der Waals surface area contributed by atoms with Crippen molar-refractivity contribution in [1.29, 1.82) is 0 Å². The summed E-state index contributed by atoms with van der Waals surface area (Å²) in [6, 6.07) is 7.91. The van der Waals surface area contributed by atoms with Crippen molar-refractivity contribution in [3.8, 4) is 5.88 Å². The van der Waals surface area contributed by atoms with E-state index in [1.165, 1.54) is 0 Å². The van der Waals surface area contributed by atoms with Crippen molar-refractivity contribution in [2.75, 3.05) is 31.1 Å². The van der Waals surface area contributed by atoms with Crippen LogP contribution >= 0.6 is 0 Å². The fourth-order valence-electron chi connectivity index (χ4n) is 3.32. The van der Waals surface area contributed by atoms with Gasteiger partial charge in [-0.3, -0.25) is 0 Å². The van der Waals surface area contributed by atoms with E-state index in [1.807, 2.05) is 24.3 Å². The minimum Gasteiger partial charge on any atom is -0.471 e. The van der Waals surface area contributed by atoms with Crippen LogP contribution in [0, 0.1) is 0 Å². The monoisotopic (exact) mass is 314 g/mol. The summed E-state index contributed by atoms with van der Waals surface area (Å²) < 4.78 is 6.09. The Labute approximate surface area is 135 Å². The second kappa shape index (κ2) is 6.29. The van der Waals surface area contributed by atoms with E-state index in [2.05, 4.69) is 15.2 Å². The van der Waals surface area contributed by atoms with Crippen molar-refractivity contribution in [2.24, 2.45) is 0 Å². The molecule has 2 N–H and O–H groups in total. The maximum absolute atomic E-state index is 10.1. The lowest BCUT2D eigenvalue weighted by Crippen LogP contribution is -2.44. The summed E-state index contributed by atoms with van der Waals surface area (Å²) >= 11 is 0. The summed E-state index contributed by atoms with van der Waals surface area (Å²) in [7, 11) is 0. The molecule has 6 nitrogen and oxygen atoms in total. The van der Waals surface area contributed by atoms with Crippen LogP contribution in [0.5, 0.6) is 5.88 Å². The molecule has 4 rings (SSSR count). The summed E-state index contributed by atoms with van der Waals surface area (Å²) in [5, 5.41) is 14.3. The van der Waals surface area contributed by atoms with Crippen molar-refractivity contribution in [2.45, 2.75) is 31.5 Å². The highest BCUT2D eigenvalue weighted by molar-refractivity contribution is 5.84. The van der Waals surface area contributed by atoms with Crippen LogP contribution in [0.3, 0.4) is 0 Å². The van der Waals surface area contributed by atoms with E-state index >= 15 is 0 Å². The first-order chi connectivity index (χ1) is 11.3. The second-order valence-corrected chi connectivity index (χ2v) is 6.24. The van der Waals surface area contributed by atoms with Gasteiger partial charge in [-0.05, 0) is 31.4 Å². The van der Waals surface area contributed by atoms with Crippen molar-refractivity contribution in [3.05, 3.63) is 24.3 Å². The van der Waals surface area contributed by atoms with Crippen molar-refractivity contribution < 1.29 is 9.84 Å². The van der Waals surface area contributed by atoms with Crippen LogP contribution in [-0.4, -0.2) is 53.5 Å². The number of hydrogen-bond acceptors (Lipinski definition) is 6. The van der Waals surface area contributed by atoms with Crippen LogP contribution in [0.2, 0.25) is 0 Å². The Morgan fingerprint density at radius 1 is 1.13 bits per heavy atom. The Hall–Kier alpha value is -1.92. The van der Waals surface area contributed by atoms with Crippen LogP contribution in [-0.2, 0) is 0 Å². The van der Waals surface area contributed by atoms with Gasteiger partial charge in [0, 0.05) is 26.2 Å². The highest BCUT2D eigenvalue weighted by Gasteiger charge is 2.28. The molecule has 1 saturated heterocycles. The second-order valence-electron chi connectivity index (χ2n) is 6.24. The average molecular weight is 314 g/mol. The van der Waals surface area contributed by atoms with Gasteiger partial charge in [0.25, 0.3) is 0 Å². The Kier molecular flexibility index (Phi) is 4.01. The van der Waals surface area contributed by atoms with Gasteiger partial charge in [-0.15, -0.1) is 0 Å². The number of nitrogens with one attached hydrogen (secondary N) is 1. The zero-order chi connectivity index (χ0) is 15.6. The predicted octanol–water partition coefficient (Wildman–Crippen LogP) is 1.33. The minimum atomic E-state index is -0.397. The van der Waals surface area contributed by atoms with Crippen molar-refractivity contribution in [1.82, 2.24) is 15.3 Å². The smallest absolute Gasteiger partial charge is 0.229 e. The van der Waals surface area contributed by atoms with E-state index in [4.69, 9.17) is 9.72 Å². The summed E-state index contributed by atoms with van der Waals surface area (Å²) in [5.41, 5.74) is 0.888. The van der Waals surface area contributed by atoms with Gasteiger partial charge < -0.3 is 20.1 Å². The number of aromatic nitrogens is 2. The number of piperazine rings is 1. The molecule has 1 aliphatic heterocycles. The molecule has 2 aromatic rings. The topological polar surface area (TPSA) is 70.5 Å². The third kappa shape index (κ3) is 2.96. The van der Waals surface area contributed by atoms with Crippen molar-refractivity contribution >= 4 is 16.9 Å². The lowest BCUT2D eigenvalue weighted by Gasteiger charge is -2.28. The molecular weight excluding hydrogens is 292 g/mol. The number of ether oxygens (including phenoxy) is 1. The van der Waals surface area contributed by atoms with Crippen molar-refractivity contribution in [3.63, 3.8) is 0 Å². The van der Waals surface area contributed by atoms with E-state index in [0.717, 1.165) is 56.3 Å². The number of rotatable bonds is 3. The minimum absolute atomic E-state index is 0.163. The van der Waals surface area contributed by atoms with E-state index in [1.54, 1.807) is 0 Å². The Morgan fingerprint density at radius 2 is 1.96 bits per heavy atom. The number of anilines is 1. The van der Waals surface area contributed by atoms with E-state index in [9.17, 15) is 5.11 Å². The lowest BCUT2D eigenvalue weighted by atomic mass is 10.2. The molecule has 0 bridgehead atoms. The van der Waals surface area contributed by atoms with Crippen LogP contribution < -0.4 is 15.0 Å². The number of aliphatic hydroxyl groups excluding tert-OH is 1. The summed E-state index contributed by atoms with van der Waals surface area (Å²) in [4.78, 5) is 11.6. The van der Waals surface area contributed by atoms with Gasteiger partial charge in [0.15, 0.2) is 0 Å². The van der Waals surface area contributed by atoms with Gasteiger partial charge in [0.1, 0.15) is 6.10 Å². The molecule has 1 aromatic heterocycles. The number of para-hydroxylation sites is 1. The molecule has 0 unspecified atom stereocenters. The van der Waals surface area contributed by atoms with Crippen LogP contribution in [0.4, 0.5) is 5.95 Å². The van der Waals surface area contributed by atoms with Gasteiger partial charge in [-0.1, -0.05) is 12.1 Å². The molecule has 0 amide bonds. The third-order valence-corrected chi connectivity index (χ3v) is 4.64. The van der Waals surface area contributed by atoms with Crippen LogP contribution in [0.25, 0.3) is 10.9 Å². The van der Waals surface area contributed by atoms with Crippen LogP contribution in [0.1, 0.15) is 19.3 Å². The van der Waals surface area contributed by atoms with E-state index in [0.29, 0.717) is 11.8 Å². The molecule has 6 heteroatoms. The fraction of sp³-hybridized carbons (Fsp3) is 0.529. The first-order valence-corrected chi connectivity index (χ1v) is 8.38. The average Bonchev–Trinajstić information content (AvgIpc) is 3.00. The Balaban J connectivity index is 1.71. The van der Waals surface area contributed by atoms with E-state index in [-0.39, 0.29) is 6.10 Å². The van der Waals surface area contributed by atoms with Gasteiger partial charge in [-0.2, -0.15) is 4.98 Å². The predicted molar refractivity (Wildman–Crippen MR) is 88.9 cm³/mol. The maximum Gasteiger partial charge on any atom is 0.229 e. The fourth-order valence-corrected chi connectivity index (χ4v) is 3.32. The van der Waals surface area contributed by atoms with Crippen LogP contribution in [0.15, 0.2) is 24.3 Å². The zero-order valence-corrected chi connectivity index (χ0v) is 13.1. The Bertz CT molecular complexity index is 687. The summed E-state index contributed by atoms with van der Waals surface area (Å²) in [6.45, 7) is 3.66. The molecular formula is C17H22N4O2. The molecule has 2 atom stereocenters. The maximum atomic E-state index is 10.1. The first-order valence-electron chi connectivity index (χ1n) is 8.38. The summed E-state index contributed by atoms with van der Waals surface area (Å²) in [6.07, 6.45) is 2.12. The molecule has 1 saturated carbocycles. The lowest BCUT2D eigenvalue weighted by molar-refractivity contribution is 0.0585. The van der Waals surface area contributed by atoms with Gasteiger partial charge >= 0.3 is 0 Å². The molecule has 23 heavy (non-hydrogen) atoms. The molecule has 0 spiro atoms. The number of benzene rings is 1. The standard InChI is InChI=1S/C17H22N4O2/c22-14-6-3-7-15(14)23-16-12-4-1-2-5-13(12)19-17(20-16)21-10-8-18-9-11-21/h1-2,4-5,14-15,18,22H,3,6-11H2/t14-,15-/m0/s1. The van der Waals surface area contributed by atoms with Gasteiger partial charge in [0.2, 0.25) is 11.8 Å². The van der Waals surface area contributed by atoms with E-state index < -0.39 is 6.10 Å². The number of nitrogens with zero attached hydrogens (tertiary/aromatic N) is 3.